The van der Waals surface area contributed by atoms with E-state index in [1.807, 2.05) is 12.1 Å². The SMILES string of the molecule is CCOC(=O)CC(O)CC(O)CCc1c(C)c(N(Cc2ccccc2)Cc2ccccc2)c(C)c2c1OC(C)(C)C2. The van der Waals surface area contributed by atoms with Crippen LogP contribution < -0.4 is 9.64 Å². The zero-order valence-electron chi connectivity index (χ0n) is 25.2. The summed E-state index contributed by atoms with van der Waals surface area (Å²) in [4.78, 5) is 14.2. The molecule has 0 fully saturated rings. The summed E-state index contributed by atoms with van der Waals surface area (Å²) in [6.45, 7) is 12.2. The summed E-state index contributed by atoms with van der Waals surface area (Å²) < 4.78 is 11.5. The Kier molecular flexibility index (Phi) is 10.1. The number of benzene rings is 3. The molecule has 3 aromatic rings. The molecule has 0 spiro atoms. The van der Waals surface area contributed by atoms with Crippen molar-refractivity contribution < 1.29 is 24.5 Å². The largest absolute Gasteiger partial charge is 0.487 e. The third kappa shape index (κ3) is 7.90. The van der Waals surface area contributed by atoms with Crippen LogP contribution in [0.3, 0.4) is 0 Å². The van der Waals surface area contributed by atoms with Crippen LogP contribution in [0.15, 0.2) is 60.7 Å². The molecule has 4 rings (SSSR count). The molecule has 1 aliphatic heterocycles. The smallest absolute Gasteiger partial charge is 0.308 e. The standard InChI is InChI=1S/C35H45NO5/c1-6-40-32(39)20-29(38)19-28(37)17-18-30-24(2)33(25(3)31-21-35(4,5)41-34(30)31)36(22-26-13-9-7-10-14-26)23-27-15-11-8-12-16-27/h7-16,28-29,37-38H,6,17-23H2,1-5H3. The topological polar surface area (TPSA) is 79.2 Å². The molecular weight excluding hydrogens is 514 g/mol. The van der Waals surface area contributed by atoms with Gasteiger partial charge in [-0.05, 0) is 81.7 Å². The van der Waals surface area contributed by atoms with Crippen molar-refractivity contribution in [3.05, 3.63) is 94.0 Å². The van der Waals surface area contributed by atoms with Crippen LogP contribution in [0, 0.1) is 13.8 Å². The van der Waals surface area contributed by atoms with Gasteiger partial charge in [0.1, 0.15) is 11.4 Å². The fourth-order valence-corrected chi connectivity index (χ4v) is 6.00. The maximum Gasteiger partial charge on any atom is 0.308 e. The number of fused-ring (bicyclic) bond motifs is 1. The van der Waals surface area contributed by atoms with Crippen LogP contribution in [0.1, 0.15) is 73.4 Å². The molecule has 0 aliphatic carbocycles. The van der Waals surface area contributed by atoms with Crippen molar-refractivity contribution in [2.75, 3.05) is 11.5 Å². The van der Waals surface area contributed by atoms with Crippen molar-refractivity contribution in [1.29, 1.82) is 0 Å². The molecule has 0 bridgehead atoms. The lowest BCUT2D eigenvalue weighted by atomic mass is 9.89. The average molecular weight is 560 g/mol. The number of hydrogen-bond donors (Lipinski definition) is 2. The van der Waals surface area contributed by atoms with E-state index >= 15 is 0 Å². The molecule has 2 N–H and O–H groups in total. The highest BCUT2D eigenvalue weighted by Gasteiger charge is 2.36. The van der Waals surface area contributed by atoms with Crippen molar-refractivity contribution in [2.24, 2.45) is 0 Å². The Balaban J connectivity index is 1.66. The lowest BCUT2D eigenvalue weighted by Gasteiger charge is -2.31. The highest BCUT2D eigenvalue weighted by Crippen LogP contribution is 2.47. The van der Waals surface area contributed by atoms with Crippen molar-refractivity contribution in [3.63, 3.8) is 0 Å². The predicted molar refractivity (Wildman–Crippen MR) is 163 cm³/mol. The maximum absolute atomic E-state index is 11.8. The summed E-state index contributed by atoms with van der Waals surface area (Å²) in [5.74, 6) is 0.490. The Morgan fingerprint density at radius 1 is 0.951 bits per heavy atom. The molecule has 41 heavy (non-hydrogen) atoms. The van der Waals surface area contributed by atoms with E-state index in [1.165, 1.54) is 27.9 Å². The van der Waals surface area contributed by atoms with E-state index in [2.05, 4.69) is 81.1 Å². The normalized spacial score (nSPS) is 15.1. The number of anilines is 1. The Hall–Kier alpha value is -3.35. The van der Waals surface area contributed by atoms with Crippen LogP contribution >= 0.6 is 0 Å². The van der Waals surface area contributed by atoms with Crippen molar-refractivity contribution in [1.82, 2.24) is 0 Å². The Bertz CT molecular complexity index is 1260. The van der Waals surface area contributed by atoms with Gasteiger partial charge in [-0.1, -0.05) is 60.7 Å². The summed E-state index contributed by atoms with van der Waals surface area (Å²) in [7, 11) is 0. The van der Waals surface area contributed by atoms with Gasteiger partial charge in [0.2, 0.25) is 0 Å². The zero-order valence-corrected chi connectivity index (χ0v) is 25.2. The molecular formula is C35H45NO5. The van der Waals surface area contributed by atoms with Gasteiger partial charge in [0.15, 0.2) is 0 Å². The van der Waals surface area contributed by atoms with Crippen LogP contribution in [0.5, 0.6) is 5.75 Å². The first-order valence-corrected chi connectivity index (χ1v) is 14.8. The molecule has 0 aromatic heterocycles. The van der Waals surface area contributed by atoms with E-state index in [4.69, 9.17) is 9.47 Å². The minimum atomic E-state index is -0.938. The van der Waals surface area contributed by atoms with Crippen LogP contribution in [-0.2, 0) is 35.5 Å². The fourth-order valence-electron chi connectivity index (χ4n) is 6.00. The molecule has 0 saturated carbocycles. The Morgan fingerprint density at radius 3 is 2.10 bits per heavy atom. The second-order valence-electron chi connectivity index (χ2n) is 11.8. The highest BCUT2D eigenvalue weighted by atomic mass is 16.5. The first kappa shape index (κ1) is 30.6. The molecule has 3 aromatic carbocycles. The van der Waals surface area contributed by atoms with Gasteiger partial charge in [-0.2, -0.15) is 0 Å². The molecule has 2 unspecified atom stereocenters. The van der Waals surface area contributed by atoms with Gasteiger partial charge in [-0.15, -0.1) is 0 Å². The molecule has 0 radical (unpaired) electrons. The summed E-state index contributed by atoms with van der Waals surface area (Å²) in [6, 6.07) is 21.1. The molecule has 2 atom stereocenters. The van der Waals surface area contributed by atoms with Gasteiger partial charge in [0.05, 0.1) is 25.2 Å². The molecule has 6 heteroatoms. The fraction of sp³-hybridized carbons (Fsp3) is 0.457. The minimum absolute atomic E-state index is 0.112. The predicted octanol–water partition coefficient (Wildman–Crippen LogP) is 6.22. The van der Waals surface area contributed by atoms with E-state index in [-0.39, 0.29) is 25.0 Å². The number of rotatable bonds is 13. The number of carbonyl (C=O) groups excluding carboxylic acids is 1. The second kappa shape index (κ2) is 13.5. The van der Waals surface area contributed by atoms with E-state index in [9.17, 15) is 15.0 Å². The number of aliphatic hydroxyl groups is 2. The average Bonchev–Trinajstić information content (AvgIpc) is 3.25. The zero-order chi connectivity index (χ0) is 29.6. The number of hydrogen-bond acceptors (Lipinski definition) is 6. The molecule has 1 aliphatic rings. The van der Waals surface area contributed by atoms with Crippen LogP contribution in [0.25, 0.3) is 0 Å². The number of esters is 1. The van der Waals surface area contributed by atoms with Gasteiger partial charge in [-0.3, -0.25) is 4.79 Å². The number of aliphatic hydroxyl groups excluding tert-OH is 2. The molecule has 6 nitrogen and oxygen atoms in total. The van der Waals surface area contributed by atoms with E-state index < -0.39 is 18.2 Å². The highest BCUT2D eigenvalue weighted by molar-refractivity contribution is 5.71. The lowest BCUT2D eigenvalue weighted by molar-refractivity contribution is -0.145. The van der Waals surface area contributed by atoms with Gasteiger partial charge in [-0.25, -0.2) is 0 Å². The van der Waals surface area contributed by atoms with E-state index in [0.29, 0.717) is 12.8 Å². The summed E-state index contributed by atoms with van der Waals surface area (Å²) >= 11 is 0. The van der Waals surface area contributed by atoms with Crippen molar-refractivity contribution in [2.45, 2.75) is 97.6 Å². The quantitative estimate of drug-likeness (QED) is 0.242. The van der Waals surface area contributed by atoms with Gasteiger partial charge in [0.25, 0.3) is 0 Å². The molecule has 0 saturated heterocycles. The van der Waals surface area contributed by atoms with E-state index in [1.54, 1.807) is 6.92 Å². The first-order chi connectivity index (χ1) is 19.6. The van der Waals surface area contributed by atoms with Crippen LogP contribution in [-0.4, -0.2) is 40.6 Å². The Morgan fingerprint density at radius 2 is 1.54 bits per heavy atom. The monoisotopic (exact) mass is 559 g/mol. The van der Waals surface area contributed by atoms with Gasteiger partial charge < -0.3 is 24.6 Å². The minimum Gasteiger partial charge on any atom is -0.487 e. The summed E-state index contributed by atoms with van der Waals surface area (Å²) in [5.41, 5.74) is 8.12. The molecule has 1 heterocycles. The number of nitrogens with zero attached hydrogens (tertiary/aromatic N) is 1. The van der Waals surface area contributed by atoms with Crippen molar-refractivity contribution in [3.8, 4) is 5.75 Å². The number of carbonyl (C=O) groups is 1. The van der Waals surface area contributed by atoms with Crippen LogP contribution in [0.4, 0.5) is 5.69 Å². The summed E-state index contributed by atoms with van der Waals surface area (Å²) in [6.07, 6.45) is 0.204. The van der Waals surface area contributed by atoms with Gasteiger partial charge >= 0.3 is 5.97 Å². The van der Waals surface area contributed by atoms with Crippen LogP contribution in [0.2, 0.25) is 0 Å². The lowest BCUT2D eigenvalue weighted by Crippen LogP contribution is -2.25. The Labute approximate surface area is 244 Å². The van der Waals surface area contributed by atoms with Gasteiger partial charge in [0, 0.05) is 30.8 Å². The molecule has 0 amide bonds. The molecule has 220 valence electrons. The maximum atomic E-state index is 11.8. The van der Waals surface area contributed by atoms with Crippen molar-refractivity contribution >= 4 is 11.7 Å². The third-order valence-electron chi connectivity index (χ3n) is 7.87. The second-order valence-corrected chi connectivity index (χ2v) is 11.8. The summed E-state index contributed by atoms with van der Waals surface area (Å²) in [5, 5.41) is 21.2. The van der Waals surface area contributed by atoms with E-state index in [0.717, 1.165) is 36.4 Å². The number of ether oxygens (including phenoxy) is 2. The third-order valence-corrected chi connectivity index (χ3v) is 7.87. The first-order valence-electron chi connectivity index (χ1n) is 14.8.